The molecule has 0 amide bonds. The minimum absolute atomic E-state index is 0.0918. The first-order chi connectivity index (χ1) is 10.9. The number of hydrogen-bond donors (Lipinski definition) is 2. The summed E-state index contributed by atoms with van der Waals surface area (Å²) in [5, 5.41) is 7.81. The van der Waals surface area contributed by atoms with Crippen LogP contribution in [0.1, 0.15) is 43.9 Å². The van der Waals surface area contributed by atoms with E-state index in [4.69, 9.17) is 35.4 Å². The minimum atomic E-state index is 0.0918. The molecule has 0 aliphatic carbocycles. The Labute approximate surface area is 153 Å². The molecule has 2 aromatic carbocycles. The summed E-state index contributed by atoms with van der Waals surface area (Å²) in [6, 6.07) is 14.1. The zero-order valence-corrected chi connectivity index (χ0v) is 15.7. The van der Waals surface area contributed by atoms with Crippen molar-refractivity contribution in [1.29, 1.82) is 0 Å². The molecule has 1 unspecified atom stereocenters. The molecule has 0 saturated carbocycles. The van der Waals surface area contributed by atoms with Gasteiger partial charge < -0.3 is 10.6 Å². The lowest BCUT2D eigenvalue weighted by Crippen LogP contribution is -2.31. The van der Waals surface area contributed by atoms with Crippen LogP contribution in [0.4, 0.5) is 5.69 Å². The molecule has 0 fully saturated rings. The van der Waals surface area contributed by atoms with Gasteiger partial charge in [-0.2, -0.15) is 0 Å². The van der Waals surface area contributed by atoms with Crippen molar-refractivity contribution < 1.29 is 0 Å². The first-order valence-corrected chi connectivity index (χ1v) is 8.66. The average Bonchev–Trinajstić information content (AvgIpc) is 2.52. The van der Waals surface area contributed by atoms with E-state index in [1.807, 2.05) is 12.1 Å². The summed E-state index contributed by atoms with van der Waals surface area (Å²) in [5.41, 5.74) is 3.20. The van der Waals surface area contributed by atoms with Crippen LogP contribution in [-0.2, 0) is 0 Å². The van der Waals surface area contributed by atoms with Crippen molar-refractivity contribution in [3.05, 3.63) is 63.6 Å². The molecule has 5 heteroatoms. The quantitative estimate of drug-likeness (QED) is 0.633. The van der Waals surface area contributed by atoms with E-state index >= 15 is 0 Å². The highest BCUT2D eigenvalue weighted by Gasteiger charge is 2.10. The van der Waals surface area contributed by atoms with Gasteiger partial charge in [0, 0.05) is 0 Å². The number of thiocarbonyl (C=S) groups is 1. The van der Waals surface area contributed by atoms with E-state index < -0.39 is 0 Å². The van der Waals surface area contributed by atoms with E-state index in [2.05, 4.69) is 55.7 Å². The highest BCUT2D eigenvalue weighted by molar-refractivity contribution is 7.80. The first kappa shape index (κ1) is 18.1. The van der Waals surface area contributed by atoms with Gasteiger partial charge >= 0.3 is 0 Å². The monoisotopic (exact) mass is 366 g/mol. The summed E-state index contributed by atoms with van der Waals surface area (Å²) in [4.78, 5) is 0. The van der Waals surface area contributed by atoms with Crippen molar-refractivity contribution in [3.8, 4) is 0 Å². The lowest BCUT2D eigenvalue weighted by atomic mass is 10.00. The van der Waals surface area contributed by atoms with Gasteiger partial charge in [-0.1, -0.05) is 67.4 Å². The van der Waals surface area contributed by atoms with Gasteiger partial charge in [-0.3, -0.25) is 0 Å². The smallest absolute Gasteiger partial charge is 0.171 e. The SMILES string of the molecule is CC(C)c1ccc(C(C)NC(=S)Nc2cccc(Cl)c2Cl)cc1. The Morgan fingerprint density at radius 1 is 0.957 bits per heavy atom. The van der Waals surface area contributed by atoms with Crippen LogP contribution in [0.3, 0.4) is 0 Å². The molecule has 2 nitrogen and oxygen atoms in total. The lowest BCUT2D eigenvalue weighted by molar-refractivity contribution is 0.721. The Bertz CT molecular complexity index is 684. The summed E-state index contributed by atoms with van der Waals surface area (Å²) in [6.45, 7) is 6.44. The molecule has 2 aromatic rings. The summed E-state index contributed by atoms with van der Waals surface area (Å²) in [7, 11) is 0. The van der Waals surface area contributed by atoms with Gasteiger partial charge in [0.25, 0.3) is 0 Å². The molecular formula is C18H20Cl2N2S. The molecule has 0 saturated heterocycles. The standard InChI is InChI=1S/C18H20Cl2N2S/c1-11(2)13-7-9-14(10-8-13)12(3)21-18(23)22-16-6-4-5-15(19)17(16)20/h4-12H,1-3H3,(H2,21,22,23). The molecule has 122 valence electrons. The van der Waals surface area contributed by atoms with Crippen molar-refractivity contribution in [2.45, 2.75) is 32.7 Å². The van der Waals surface area contributed by atoms with E-state index in [9.17, 15) is 0 Å². The second-order valence-corrected chi connectivity index (χ2v) is 6.94. The molecule has 23 heavy (non-hydrogen) atoms. The van der Waals surface area contributed by atoms with E-state index in [0.717, 1.165) is 0 Å². The number of anilines is 1. The van der Waals surface area contributed by atoms with Gasteiger partial charge in [0.1, 0.15) is 0 Å². The molecule has 0 radical (unpaired) electrons. The third-order valence-corrected chi connectivity index (χ3v) is 4.69. The predicted octanol–water partition coefficient (Wildman–Crippen LogP) is 6.16. The van der Waals surface area contributed by atoms with Crippen molar-refractivity contribution in [2.75, 3.05) is 5.32 Å². The Balaban J connectivity index is 2.00. The first-order valence-electron chi connectivity index (χ1n) is 7.50. The maximum absolute atomic E-state index is 6.16. The molecule has 2 rings (SSSR count). The number of benzene rings is 2. The maximum Gasteiger partial charge on any atom is 0.171 e. The molecule has 0 aliphatic rings. The molecule has 0 aliphatic heterocycles. The van der Waals surface area contributed by atoms with Crippen LogP contribution >= 0.6 is 35.4 Å². The molecule has 0 spiro atoms. The molecule has 2 N–H and O–H groups in total. The van der Waals surface area contributed by atoms with Crippen LogP contribution in [-0.4, -0.2) is 5.11 Å². The molecule has 1 atom stereocenters. The fourth-order valence-corrected chi connectivity index (χ4v) is 2.84. The third kappa shape index (κ3) is 4.84. The zero-order chi connectivity index (χ0) is 17.0. The second kappa shape index (κ2) is 8.00. The Morgan fingerprint density at radius 3 is 2.17 bits per heavy atom. The zero-order valence-electron chi connectivity index (χ0n) is 13.4. The largest absolute Gasteiger partial charge is 0.356 e. The van der Waals surface area contributed by atoms with Gasteiger partial charge in [-0.15, -0.1) is 0 Å². The second-order valence-electron chi connectivity index (χ2n) is 5.74. The third-order valence-electron chi connectivity index (χ3n) is 3.65. The van der Waals surface area contributed by atoms with Crippen LogP contribution in [0, 0.1) is 0 Å². The normalized spacial score (nSPS) is 12.1. The Hall–Kier alpha value is -1.29. The van der Waals surface area contributed by atoms with Crippen molar-refractivity contribution in [1.82, 2.24) is 5.32 Å². The summed E-state index contributed by atoms with van der Waals surface area (Å²) >= 11 is 17.5. The van der Waals surface area contributed by atoms with Crippen LogP contribution in [0.25, 0.3) is 0 Å². The highest BCUT2D eigenvalue weighted by Crippen LogP contribution is 2.29. The maximum atomic E-state index is 6.16. The summed E-state index contributed by atoms with van der Waals surface area (Å²) in [5.74, 6) is 0.528. The van der Waals surface area contributed by atoms with Gasteiger partial charge in [0.2, 0.25) is 0 Å². The highest BCUT2D eigenvalue weighted by atomic mass is 35.5. The van der Waals surface area contributed by atoms with E-state index in [0.29, 0.717) is 26.8 Å². The molecule has 0 aromatic heterocycles. The van der Waals surface area contributed by atoms with Gasteiger partial charge in [-0.25, -0.2) is 0 Å². The fraction of sp³-hybridized carbons (Fsp3) is 0.278. The number of nitrogens with one attached hydrogen (secondary N) is 2. The predicted molar refractivity (Wildman–Crippen MR) is 105 cm³/mol. The molecule has 0 heterocycles. The molecular weight excluding hydrogens is 347 g/mol. The molecule has 0 bridgehead atoms. The van der Waals surface area contributed by atoms with Crippen molar-refractivity contribution in [3.63, 3.8) is 0 Å². The number of halogens is 2. The van der Waals surface area contributed by atoms with Gasteiger partial charge in [0.15, 0.2) is 5.11 Å². The summed E-state index contributed by atoms with van der Waals surface area (Å²) < 4.78 is 0. The number of hydrogen-bond acceptors (Lipinski definition) is 1. The average molecular weight is 367 g/mol. The van der Waals surface area contributed by atoms with E-state index in [1.165, 1.54) is 11.1 Å². The van der Waals surface area contributed by atoms with Crippen LogP contribution in [0.2, 0.25) is 10.0 Å². The van der Waals surface area contributed by atoms with Crippen LogP contribution in [0.15, 0.2) is 42.5 Å². The minimum Gasteiger partial charge on any atom is -0.356 e. The fourth-order valence-electron chi connectivity index (χ4n) is 2.21. The lowest BCUT2D eigenvalue weighted by Gasteiger charge is -2.18. The van der Waals surface area contributed by atoms with Crippen molar-refractivity contribution in [2.24, 2.45) is 0 Å². The Morgan fingerprint density at radius 2 is 1.57 bits per heavy atom. The van der Waals surface area contributed by atoms with E-state index in [1.54, 1.807) is 6.07 Å². The number of rotatable bonds is 4. The van der Waals surface area contributed by atoms with Gasteiger partial charge in [0.05, 0.1) is 21.8 Å². The van der Waals surface area contributed by atoms with E-state index in [-0.39, 0.29) is 6.04 Å². The van der Waals surface area contributed by atoms with Gasteiger partial charge in [-0.05, 0) is 48.3 Å². The van der Waals surface area contributed by atoms with Crippen molar-refractivity contribution >= 4 is 46.2 Å². The van der Waals surface area contributed by atoms with Crippen LogP contribution < -0.4 is 10.6 Å². The Kier molecular flexibility index (Phi) is 6.28. The topological polar surface area (TPSA) is 24.1 Å². The summed E-state index contributed by atoms with van der Waals surface area (Å²) in [6.07, 6.45) is 0. The van der Waals surface area contributed by atoms with Crippen LogP contribution in [0.5, 0.6) is 0 Å².